The lowest BCUT2D eigenvalue weighted by molar-refractivity contribution is -0.141. The lowest BCUT2D eigenvalue weighted by Crippen LogP contribution is -2.14. The zero-order valence-corrected chi connectivity index (χ0v) is 8.62. The summed E-state index contributed by atoms with van der Waals surface area (Å²) in [5.74, 6) is -0.564. The quantitative estimate of drug-likeness (QED) is 0.572. The molecule has 84 valence electrons. The average molecular weight is 206 g/mol. The zero-order chi connectivity index (χ0) is 11.4. The van der Waals surface area contributed by atoms with Crippen LogP contribution in [0.15, 0.2) is 0 Å². The van der Waals surface area contributed by atoms with E-state index in [1.54, 1.807) is 0 Å². The van der Waals surface area contributed by atoms with Crippen LogP contribution in [-0.2, 0) is 19.1 Å². The fraction of sp³-hybridized carbons (Fsp3) is 0.750. The molecule has 0 aliphatic heterocycles. The Labute approximate surface area is 83.5 Å². The van der Waals surface area contributed by atoms with E-state index in [1.165, 1.54) is 14.2 Å². The van der Waals surface area contributed by atoms with Gasteiger partial charge < -0.3 is 20.9 Å². The zero-order valence-electron chi connectivity index (χ0n) is 8.62. The second kappa shape index (κ2) is 11.9. The summed E-state index contributed by atoms with van der Waals surface area (Å²) in [5.41, 5.74) is 9.93. The van der Waals surface area contributed by atoms with Crippen LogP contribution in [-0.4, -0.2) is 39.2 Å². The third kappa shape index (κ3) is 13.4. The summed E-state index contributed by atoms with van der Waals surface area (Å²) in [6.45, 7) is 0.519. The van der Waals surface area contributed by atoms with Gasteiger partial charge in [0.15, 0.2) is 0 Å². The van der Waals surface area contributed by atoms with Gasteiger partial charge in [-0.3, -0.25) is 9.59 Å². The predicted octanol–water partition coefficient (Wildman–Crippen LogP) is -0.984. The van der Waals surface area contributed by atoms with E-state index in [2.05, 4.69) is 9.47 Å². The van der Waals surface area contributed by atoms with Gasteiger partial charge in [-0.2, -0.15) is 0 Å². The Balaban J connectivity index is 0. The number of esters is 2. The standard InChI is InChI=1S/C5H11NO2.C3H7NO2/c1-8-5(7)3-2-4-6;1-6-3(5)2-4/h2-4,6H2,1H3;2,4H2,1H3. The highest BCUT2D eigenvalue weighted by Crippen LogP contribution is 1.86. The molecule has 0 amide bonds. The van der Waals surface area contributed by atoms with Crippen molar-refractivity contribution < 1.29 is 19.1 Å². The highest BCUT2D eigenvalue weighted by Gasteiger charge is 1.95. The SMILES string of the molecule is COC(=O)CCCN.COC(=O)CN. The summed E-state index contributed by atoms with van der Waals surface area (Å²) in [7, 11) is 2.67. The number of hydrogen-bond donors (Lipinski definition) is 2. The number of nitrogens with two attached hydrogens (primary N) is 2. The van der Waals surface area contributed by atoms with Crippen LogP contribution >= 0.6 is 0 Å². The second-order valence-electron chi connectivity index (χ2n) is 2.25. The van der Waals surface area contributed by atoms with Gasteiger partial charge in [0.05, 0.1) is 20.8 Å². The van der Waals surface area contributed by atoms with Crippen LogP contribution in [0.3, 0.4) is 0 Å². The maximum atomic E-state index is 10.3. The number of methoxy groups -OCH3 is 2. The number of rotatable bonds is 4. The number of ether oxygens (including phenoxy) is 2. The molecule has 0 aliphatic carbocycles. The molecule has 0 fully saturated rings. The van der Waals surface area contributed by atoms with Gasteiger partial charge in [0, 0.05) is 6.42 Å². The average Bonchev–Trinajstić information content (AvgIpc) is 2.25. The Kier molecular flexibility index (Phi) is 13.0. The summed E-state index contributed by atoms with van der Waals surface area (Å²) in [4.78, 5) is 20.1. The maximum absolute atomic E-state index is 10.3. The number of hydrogen-bond acceptors (Lipinski definition) is 6. The third-order valence-corrected chi connectivity index (χ3v) is 1.21. The van der Waals surface area contributed by atoms with E-state index in [-0.39, 0.29) is 18.5 Å². The maximum Gasteiger partial charge on any atom is 0.319 e. The summed E-state index contributed by atoms with van der Waals surface area (Å²) in [6, 6.07) is 0. The third-order valence-electron chi connectivity index (χ3n) is 1.21. The van der Waals surface area contributed by atoms with Gasteiger partial charge in [0.1, 0.15) is 0 Å². The Bertz CT molecular complexity index is 155. The topological polar surface area (TPSA) is 105 Å². The minimum absolute atomic E-state index is 0.0312. The lowest BCUT2D eigenvalue weighted by Gasteiger charge is -1.93. The molecule has 0 bridgehead atoms. The van der Waals surface area contributed by atoms with Crippen LogP contribution in [0, 0.1) is 0 Å². The highest BCUT2D eigenvalue weighted by atomic mass is 16.5. The summed E-state index contributed by atoms with van der Waals surface area (Å²) < 4.78 is 8.49. The van der Waals surface area contributed by atoms with Crippen LogP contribution < -0.4 is 11.5 Å². The molecule has 0 aromatic heterocycles. The van der Waals surface area contributed by atoms with Crippen molar-refractivity contribution in [2.75, 3.05) is 27.3 Å². The molecule has 4 N–H and O–H groups in total. The first-order valence-corrected chi connectivity index (χ1v) is 4.16. The molecular formula is C8H18N2O4. The molecule has 0 saturated heterocycles. The highest BCUT2D eigenvalue weighted by molar-refractivity contribution is 5.71. The van der Waals surface area contributed by atoms with Crippen LogP contribution in [0.2, 0.25) is 0 Å². The van der Waals surface area contributed by atoms with E-state index in [0.717, 1.165) is 0 Å². The molecule has 0 aliphatic rings. The van der Waals surface area contributed by atoms with Crippen LogP contribution in [0.4, 0.5) is 0 Å². The van der Waals surface area contributed by atoms with Crippen molar-refractivity contribution in [3.63, 3.8) is 0 Å². The molecule has 0 saturated carbocycles. The van der Waals surface area contributed by atoms with Crippen LogP contribution in [0.1, 0.15) is 12.8 Å². The molecule has 0 aromatic rings. The van der Waals surface area contributed by atoms with Gasteiger partial charge in [-0.25, -0.2) is 0 Å². The first-order chi connectivity index (χ1) is 6.62. The first kappa shape index (κ1) is 15.3. The molecule has 14 heavy (non-hydrogen) atoms. The molecule has 0 aromatic carbocycles. The molecule has 0 unspecified atom stereocenters. The lowest BCUT2D eigenvalue weighted by atomic mass is 10.3. The minimum atomic E-state index is -0.380. The number of carbonyl (C=O) groups is 2. The van der Waals surface area contributed by atoms with Crippen molar-refractivity contribution in [2.24, 2.45) is 11.5 Å². The van der Waals surface area contributed by atoms with Gasteiger partial charge in [-0.1, -0.05) is 0 Å². The van der Waals surface area contributed by atoms with Crippen LogP contribution in [0.5, 0.6) is 0 Å². The van der Waals surface area contributed by atoms with E-state index in [0.29, 0.717) is 19.4 Å². The van der Waals surface area contributed by atoms with Crippen molar-refractivity contribution in [3.8, 4) is 0 Å². The van der Waals surface area contributed by atoms with Crippen molar-refractivity contribution >= 4 is 11.9 Å². The van der Waals surface area contributed by atoms with E-state index in [4.69, 9.17) is 11.5 Å². The van der Waals surface area contributed by atoms with E-state index >= 15 is 0 Å². The van der Waals surface area contributed by atoms with Gasteiger partial charge in [-0.15, -0.1) is 0 Å². The van der Waals surface area contributed by atoms with Crippen LogP contribution in [0.25, 0.3) is 0 Å². The molecule has 0 atom stereocenters. The Morgan fingerprint density at radius 3 is 1.79 bits per heavy atom. The van der Waals surface area contributed by atoms with Crippen molar-refractivity contribution in [2.45, 2.75) is 12.8 Å². The normalized spacial score (nSPS) is 8.29. The van der Waals surface area contributed by atoms with Gasteiger partial charge in [0.2, 0.25) is 0 Å². The molecule has 0 rings (SSSR count). The van der Waals surface area contributed by atoms with E-state index in [9.17, 15) is 9.59 Å². The van der Waals surface area contributed by atoms with Gasteiger partial charge >= 0.3 is 11.9 Å². The number of carbonyl (C=O) groups excluding carboxylic acids is 2. The smallest absolute Gasteiger partial charge is 0.319 e. The molecular weight excluding hydrogens is 188 g/mol. The molecule has 0 heterocycles. The molecule has 0 radical (unpaired) electrons. The van der Waals surface area contributed by atoms with Gasteiger partial charge in [0.25, 0.3) is 0 Å². The van der Waals surface area contributed by atoms with E-state index in [1.807, 2.05) is 0 Å². The monoisotopic (exact) mass is 206 g/mol. The summed E-state index contributed by atoms with van der Waals surface area (Å²) in [5, 5.41) is 0. The van der Waals surface area contributed by atoms with E-state index < -0.39 is 0 Å². The Hall–Kier alpha value is -1.14. The Morgan fingerprint density at radius 1 is 1.07 bits per heavy atom. The van der Waals surface area contributed by atoms with Crippen molar-refractivity contribution in [1.82, 2.24) is 0 Å². The molecule has 6 nitrogen and oxygen atoms in total. The first-order valence-electron chi connectivity index (χ1n) is 4.16. The summed E-state index contributed by atoms with van der Waals surface area (Å²) >= 11 is 0. The predicted molar refractivity (Wildman–Crippen MR) is 51.4 cm³/mol. The summed E-state index contributed by atoms with van der Waals surface area (Å²) in [6.07, 6.45) is 1.15. The molecule has 6 heteroatoms. The minimum Gasteiger partial charge on any atom is -0.469 e. The largest absolute Gasteiger partial charge is 0.469 e. The van der Waals surface area contributed by atoms with Gasteiger partial charge in [-0.05, 0) is 13.0 Å². The fourth-order valence-electron chi connectivity index (χ4n) is 0.432. The van der Waals surface area contributed by atoms with Crippen molar-refractivity contribution in [1.29, 1.82) is 0 Å². The molecule has 0 spiro atoms. The van der Waals surface area contributed by atoms with Crippen molar-refractivity contribution in [3.05, 3.63) is 0 Å². The Morgan fingerprint density at radius 2 is 1.57 bits per heavy atom. The fourth-order valence-corrected chi connectivity index (χ4v) is 0.432. The second-order valence-corrected chi connectivity index (χ2v) is 2.25.